The Hall–Kier alpha value is -4.01. The van der Waals surface area contributed by atoms with Crippen molar-refractivity contribution in [2.24, 2.45) is 5.92 Å². The van der Waals surface area contributed by atoms with E-state index >= 15 is 0 Å². The van der Waals surface area contributed by atoms with Gasteiger partial charge in [-0.2, -0.15) is 0 Å². The van der Waals surface area contributed by atoms with Crippen LogP contribution in [-0.4, -0.2) is 46.0 Å². The molecule has 0 spiro atoms. The number of hydrogen-bond donors (Lipinski definition) is 0. The van der Waals surface area contributed by atoms with Gasteiger partial charge in [0, 0.05) is 36.2 Å². The Morgan fingerprint density at radius 1 is 0.915 bits per heavy atom. The summed E-state index contributed by atoms with van der Waals surface area (Å²) >= 11 is 0. The molecule has 4 rings (SSSR count). The Morgan fingerprint density at radius 3 is 2.40 bits per heavy atom. The maximum Gasteiger partial charge on any atom is 0.160 e. The molecule has 0 aliphatic heterocycles. The summed E-state index contributed by atoms with van der Waals surface area (Å²) in [6, 6.07) is 21.5. The van der Waals surface area contributed by atoms with Gasteiger partial charge in [-0.05, 0) is 84.0 Å². The molecular weight excluding hydrogens is 609 g/mol. The van der Waals surface area contributed by atoms with Crippen molar-refractivity contribution in [3.63, 3.8) is 0 Å². The summed E-state index contributed by atoms with van der Waals surface area (Å²) in [6.45, 7) is 11.8. The maximum absolute atomic E-state index is 13.0. The highest BCUT2D eigenvalue weighted by molar-refractivity contribution is 7.84. The van der Waals surface area contributed by atoms with Crippen molar-refractivity contribution in [2.75, 3.05) is 26.4 Å². The molecule has 1 heterocycles. The van der Waals surface area contributed by atoms with E-state index in [2.05, 4.69) is 32.7 Å². The first-order valence-electron chi connectivity index (χ1n) is 16.6. The number of nitrogens with zero attached hydrogens (tertiary/aromatic N) is 2. The predicted octanol–water partition coefficient (Wildman–Crippen LogP) is 8.32. The number of unbranched alkanes of at least 4 members (excludes halogenated alkanes) is 1. The molecule has 0 unspecified atom stereocenters. The van der Waals surface area contributed by atoms with Crippen LogP contribution < -0.4 is 9.47 Å². The van der Waals surface area contributed by atoms with Crippen LogP contribution in [0.5, 0.6) is 11.5 Å². The van der Waals surface area contributed by atoms with Gasteiger partial charge in [0.05, 0.1) is 41.8 Å². The van der Waals surface area contributed by atoms with E-state index < -0.39 is 10.8 Å². The van der Waals surface area contributed by atoms with E-state index in [-0.39, 0.29) is 12.2 Å². The molecule has 0 bridgehead atoms. The number of ketones is 1. The Morgan fingerprint density at radius 2 is 1.68 bits per heavy atom. The third-order valence-corrected chi connectivity index (χ3v) is 8.82. The number of carbonyl (C=O) groups excluding carboxylic acids is 1. The number of imidazole rings is 1. The second kappa shape index (κ2) is 19.0. The van der Waals surface area contributed by atoms with Gasteiger partial charge in [0.15, 0.2) is 5.78 Å². The summed E-state index contributed by atoms with van der Waals surface area (Å²) in [6.07, 6.45) is 10.4. The molecule has 47 heavy (non-hydrogen) atoms. The number of carbonyl (C=O) groups is 1. The van der Waals surface area contributed by atoms with Crippen LogP contribution in [0.3, 0.4) is 0 Å². The van der Waals surface area contributed by atoms with E-state index in [4.69, 9.17) is 14.2 Å². The molecule has 8 heteroatoms. The third-order valence-electron chi connectivity index (χ3n) is 7.46. The van der Waals surface area contributed by atoms with Crippen LogP contribution in [0.25, 0.3) is 17.2 Å². The van der Waals surface area contributed by atoms with E-state index in [9.17, 15) is 9.00 Å². The minimum atomic E-state index is -1.19. The van der Waals surface area contributed by atoms with Crippen molar-refractivity contribution < 1.29 is 23.2 Å². The minimum absolute atomic E-state index is 0.0253. The molecule has 0 aliphatic carbocycles. The van der Waals surface area contributed by atoms with Gasteiger partial charge in [-0.1, -0.05) is 64.4 Å². The van der Waals surface area contributed by atoms with Gasteiger partial charge >= 0.3 is 0 Å². The maximum atomic E-state index is 13.0. The zero-order chi connectivity index (χ0) is 33.4. The van der Waals surface area contributed by atoms with Gasteiger partial charge in [0.25, 0.3) is 0 Å². The molecule has 1 aromatic heterocycles. The van der Waals surface area contributed by atoms with Crippen LogP contribution in [0.15, 0.2) is 90.2 Å². The molecule has 3 aromatic carbocycles. The lowest BCUT2D eigenvalue weighted by molar-refractivity contribution is -0.113. The minimum Gasteiger partial charge on any atom is -0.493 e. The molecule has 0 fully saturated rings. The van der Waals surface area contributed by atoms with Gasteiger partial charge in [-0.3, -0.25) is 9.00 Å². The average Bonchev–Trinajstić information content (AvgIpc) is 3.51. The fraction of sp³-hybridized carbons (Fsp3) is 0.385. The van der Waals surface area contributed by atoms with Gasteiger partial charge < -0.3 is 18.8 Å². The van der Waals surface area contributed by atoms with E-state index in [0.29, 0.717) is 31.5 Å². The number of hydrogen-bond acceptors (Lipinski definition) is 6. The fourth-order valence-corrected chi connectivity index (χ4v) is 6.00. The Kier molecular flexibility index (Phi) is 14.5. The molecule has 0 radical (unpaired) electrons. The van der Waals surface area contributed by atoms with Gasteiger partial charge in [-0.15, -0.1) is 0 Å². The molecule has 4 aromatic rings. The third kappa shape index (κ3) is 11.6. The topological polar surface area (TPSA) is 79.7 Å². The summed E-state index contributed by atoms with van der Waals surface area (Å²) in [5, 5.41) is 0. The molecule has 0 N–H and O–H groups in total. The second-order valence-electron chi connectivity index (χ2n) is 12.0. The highest BCUT2D eigenvalue weighted by Crippen LogP contribution is 2.29. The number of aryl methyl sites for hydroxylation is 1. The van der Waals surface area contributed by atoms with Crippen LogP contribution in [0, 0.1) is 5.92 Å². The Balaban J connectivity index is 1.39. The van der Waals surface area contributed by atoms with E-state index in [1.165, 1.54) is 0 Å². The van der Waals surface area contributed by atoms with E-state index in [0.717, 1.165) is 76.8 Å². The monoisotopic (exact) mass is 656 g/mol. The summed E-state index contributed by atoms with van der Waals surface area (Å²) in [5.41, 5.74) is 4.73. The molecule has 0 aliphatic rings. The van der Waals surface area contributed by atoms with Crippen LogP contribution in [0.4, 0.5) is 0 Å². The fourth-order valence-electron chi connectivity index (χ4n) is 4.89. The summed E-state index contributed by atoms with van der Waals surface area (Å²) in [4.78, 5) is 18.0. The highest BCUT2D eigenvalue weighted by atomic mass is 32.2. The van der Waals surface area contributed by atoms with Crippen LogP contribution >= 0.6 is 0 Å². The molecule has 0 amide bonds. The van der Waals surface area contributed by atoms with Crippen molar-refractivity contribution in [3.8, 4) is 22.6 Å². The largest absolute Gasteiger partial charge is 0.493 e. The van der Waals surface area contributed by atoms with Gasteiger partial charge in [0.2, 0.25) is 0 Å². The summed E-state index contributed by atoms with van der Waals surface area (Å²) < 4.78 is 32.5. The molecule has 0 saturated heterocycles. The number of ether oxygens (including phenoxy) is 3. The first-order chi connectivity index (χ1) is 22.9. The SMILES string of the molecule is CCCCOCCOc1ccc(-c2ccc(OCC(C)C)c(/C=C/C(=O)Cc3ccc([S@](=O)Cc4cncn4CCC)cc3)c2)cc1. The van der Waals surface area contributed by atoms with E-state index in [1.54, 1.807) is 18.6 Å². The molecule has 7 nitrogen and oxygen atoms in total. The van der Waals surface area contributed by atoms with Gasteiger partial charge in [0.1, 0.15) is 18.1 Å². The highest BCUT2D eigenvalue weighted by Gasteiger charge is 2.11. The van der Waals surface area contributed by atoms with Crippen LogP contribution in [0.2, 0.25) is 0 Å². The van der Waals surface area contributed by atoms with Crippen LogP contribution in [0.1, 0.15) is 63.8 Å². The van der Waals surface area contributed by atoms with Crippen LogP contribution in [-0.2, 0) is 39.0 Å². The molecular formula is C39H48N2O5S. The average molecular weight is 657 g/mol. The van der Waals surface area contributed by atoms with Crippen molar-refractivity contribution in [1.82, 2.24) is 9.55 Å². The zero-order valence-corrected chi connectivity index (χ0v) is 29.0. The normalized spacial score (nSPS) is 12.1. The zero-order valence-electron chi connectivity index (χ0n) is 28.2. The first kappa shape index (κ1) is 35.8. The van der Waals surface area contributed by atoms with E-state index in [1.807, 2.05) is 77.4 Å². The summed E-state index contributed by atoms with van der Waals surface area (Å²) in [5.74, 6) is 2.29. The molecule has 250 valence electrons. The number of aromatic nitrogens is 2. The smallest absolute Gasteiger partial charge is 0.160 e. The number of rotatable bonds is 20. The van der Waals surface area contributed by atoms with Gasteiger partial charge in [-0.25, -0.2) is 4.98 Å². The second-order valence-corrected chi connectivity index (χ2v) is 13.4. The predicted molar refractivity (Wildman–Crippen MR) is 190 cm³/mol. The standard InChI is InChI=1S/C39H48N2O5S/c1-5-7-21-44-22-23-45-37-15-11-32(12-16-37)33-13-19-39(46-27-30(3)4)34(25-33)10-14-36(42)24-31-8-17-38(18-9-31)47(43)28-35-26-40-29-41(35)20-6-2/h8-19,25-26,29-30H,5-7,20-24,27-28H2,1-4H3/b14-10+/t47-/m1/s1. The number of allylic oxidation sites excluding steroid dienone is 1. The molecule has 1 atom stereocenters. The van der Waals surface area contributed by atoms with Crippen molar-refractivity contribution in [2.45, 2.75) is 70.6 Å². The Bertz CT molecular complexity index is 1590. The van der Waals surface area contributed by atoms with Crippen molar-refractivity contribution in [1.29, 1.82) is 0 Å². The Labute approximate surface area is 282 Å². The van der Waals surface area contributed by atoms with Crippen molar-refractivity contribution >= 4 is 22.7 Å². The van der Waals surface area contributed by atoms with Crippen molar-refractivity contribution in [3.05, 3.63) is 102 Å². The molecule has 0 saturated carbocycles. The summed E-state index contributed by atoms with van der Waals surface area (Å²) in [7, 11) is -1.19. The quantitative estimate of drug-likeness (QED) is 0.0703. The first-order valence-corrected chi connectivity index (χ1v) is 17.9. The lowest BCUT2D eigenvalue weighted by Gasteiger charge is -2.13. The lowest BCUT2D eigenvalue weighted by atomic mass is 10.0. The number of benzene rings is 3. The lowest BCUT2D eigenvalue weighted by Crippen LogP contribution is -2.07.